The Labute approximate surface area is 242 Å². The molecular formula is C32H41N3O2S2. The fourth-order valence-electron chi connectivity index (χ4n) is 5.29. The molecular weight excluding hydrogens is 523 g/mol. The molecule has 1 aromatic heterocycles. The van der Waals surface area contributed by atoms with Gasteiger partial charge in [-0.25, -0.2) is 4.98 Å². The van der Waals surface area contributed by atoms with E-state index in [1.54, 1.807) is 11.3 Å². The van der Waals surface area contributed by atoms with Crippen molar-refractivity contribution < 1.29 is 9.53 Å². The number of thiazole rings is 1. The molecule has 5 rings (SSSR count). The zero-order valence-corrected chi connectivity index (χ0v) is 25.2. The smallest absolute Gasteiger partial charge is 0.187 e. The van der Waals surface area contributed by atoms with E-state index in [0.29, 0.717) is 11.8 Å². The molecule has 0 aliphatic carbocycles. The van der Waals surface area contributed by atoms with Crippen molar-refractivity contribution in [2.24, 2.45) is 5.92 Å². The molecule has 0 saturated carbocycles. The van der Waals surface area contributed by atoms with Crippen LogP contribution in [0.15, 0.2) is 69.4 Å². The number of nitrogens with zero attached hydrogens (tertiary/aromatic N) is 2. The molecule has 39 heavy (non-hydrogen) atoms. The highest BCUT2D eigenvalue weighted by molar-refractivity contribution is 7.99. The van der Waals surface area contributed by atoms with Crippen molar-refractivity contribution in [2.45, 2.75) is 75.0 Å². The number of ether oxygens (including phenoxy) is 1. The molecule has 0 amide bonds. The number of aromatic nitrogens is 1. The lowest BCUT2D eigenvalue weighted by molar-refractivity contribution is -0.106. The summed E-state index contributed by atoms with van der Waals surface area (Å²) in [7, 11) is 2.19. The second-order valence-corrected chi connectivity index (χ2v) is 12.0. The van der Waals surface area contributed by atoms with E-state index in [4.69, 9.17) is 14.5 Å². The highest BCUT2D eigenvalue weighted by atomic mass is 32.2. The first-order valence-electron chi connectivity index (χ1n) is 14.1. The Hall–Kier alpha value is -2.61. The first kappa shape index (κ1) is 29.4. The summed E-state index contributed by atoms with van der Waals surface area (Å²) in [6.45, 7) is 7.64. The van der Waals surface area contributed by atoms with Crippen LogP contribution >= 0.6 is 23.1 Å². The summed E-state index contributed by atoms with van der Waals surface area (Å²) in [6, 6.07) is 15.8. The topological polar surface area (TPSA) is 54.5 Å². The van der Waals surface area contributed by atoms with E-state index in [0.717, 1.165) is 63.2 Å². The predicted octanol–water partition coefficient (Wildman–Crippen LogP) is 8.84. The standard InChI is InChI=1S/C30H37N3OS2.C2H4O/c1-4-8-23-20-35-30(31-23)32-25(9-5-2)24(18-21-14-16-34-17-15-21)22-12-13-29-27(19-22)33(3)26-10-6-7-11-28(26)36-29;1-2-3/h6-7,9-13,19-21,24H,4-5,8,14-18H2,1-3H3,(H,31,32);2H,1H3. The number of allylic oxidation sites excluding steroid dienone is 2. The minimum Gasteiger partial charge on any atom is -0.381 e. The molecule has 1 N–H and O–H groups in total. The van der Waals surface area contributed by atoms with Gasteiger partial charge in [-0.1, -0.05) is 56.3 Å². The molecule has 1 saturated heterocycles. The SMILES string of the molecule is CC=O.CCC=C(Nc1nc(CCC)cs1)C(CC1CCOCC1)c1ccc2c(c1)N(C)c1ccccc1S2. The van der Waals surface area contributed by atoms with E-state index in [1.807, 2.05) is 11.8 Å². The number of para-hydroxylation sites is 1. The van der Waals surface area contributed by atoms with E-state index in [-0.39, 0.29) is 0 Å². The Kier molecular flexibility index (Phi) is 11.1. The normalized spacial score (nSPS) is 16.0. The van der Waals surface area contributed by atoms with Crippen molar-refractivity contribution in [3.8, 4) is 0 Å². The van der Waals surface area contributed by atoms with Gasteiger partial charge in [0, 0.05) is 47.0 Å². The minimum absolute atomic E-state index is 0.299. The molecule has 3 heterocycles. The summed E-state index contributed by atoms with van der Waals surface area (Å²) in [5.41, 5.74) is 6.43. The van der Waals surface area contributed by atoms with Crippen LogP contribution in [0.1, 0.15) is 70.1 Å². The van der Waals surface area contributed by atoms with Crippen molar-refractivity contribution in [1.29, 1.82) is 0 Å². The maximum absolute atomic E-state index is 8.81. The fourth-order valence-corrected chi connectivity index (χ4v) is 7.18. The van der Waals surface area contributed by atoms with Crippen LogP contribution in [-0.2, 0) is 16.0 Å². The van der Waals surface area contributed by atoms with Gasteiger partial charge in [-0.2, -0.15) is 0 Å². The third-order valence-electron chi connectivity index (χ3n) is 7.21. The zero-order chi connectivity index (χ0) is 27.6. The number of benzene rings is 2. The van der Waals surface area contributed by atoms with Gasteiger partial charge >= 0.3 is 0 Å². The Morgan fingerprint density at radius 1 is 1.15 bits per heavy atom. The predicted molar refractivity (Wildman–Crippen MR) is 166 cm³/mol. The van der Waals surface area contributed by atoms with Gasteiger partial charge in [0.05, 0.1) is 17.1 Å². The Morgan fingerprint density at radius 3 is 2.64 bits per heavy atom. The number of nitrogens with one attached hydrogen (secondary N) is 1. The number of carbonyl (C=O) groups excluding carboxylic acids is 1. The highest BCUT2D eigenvalue weighted by Crippen LogP contribution is 2.49. The number of carbonyl (C=O) groups is 1. The summed E-state index contributed by atoms with van der Waals surface area (Å²) >= 11 is 3.60. The lowest BCUT2D eigenvalue weighted by Gasteiger charge is -2.32. The molecule has 1 atom stereocenters. The van der Waals surface area contributed by atoms with E-state index >= 15 is 0 Å². The van der Waals surface area contributed by atoms with Crippen molar-refractivity contribution in [3.05, 3.63) is 70.9 Å². The number of hydrogen-bond acceptors (Lipinski definition) is 7. The third-order valence-corrected chi connectivity index (χ3v) is 9.15. The van der Waals surface area contributed by atoms with Gasteiger partial charge in [0.1, 0.15) is 6.29 Å². The van der Waals surface area contributed by atoms with E-state index in [9.17, 15) is 0 Å². The fraction of sp³-hybridized carbons (Fsp3) is 0.438. The van der Waals surface area contributed by atoms with Crippen LogP contribution in [0.25, 0.3) is 0 Å². The molecule has 0 radical (unpaired) electrons. The Bertz CT molecular complexity index is 1250. The minimum atomic E-state index is 0.299. The van der Waals surface area contributed by atoms with Crippen molar-refractivity contribution in [3.63, 3.8) is 0 Å². The Morgan fingerprint density at radius 2 is 1.90 bits per heavy atom. The first-order chi connectivity index (χ1) is 19.1. The second kappa shape index (κ2) is 14.7. The van der Waals surface area contributed by atoms with Gasteiger partial charge in [0.25, 0.3) is 0 Å². The summed E-state index contributed by atoms with van der Waals surface area (Å²) in [5.74, 6) is 0.967. The van der Waals surface area contributed by atoms with Crippen LogP contribution in [0.3, 0.4) is 0 Å². The van der Waals surface area contributed by atoms with E-state index < -0.39 is 0 Å². The van der Waals surface area contributed by atoms with Crippen LogP contribution in [-0.4, -0.2) is 31.5 Å². The molecule has 0 spiro atoms. The molecule has 2 aliphatic heterocycles. The summed E-state index contributed by atoms with van der Waals surface area (Å²) < 4.78 is 5.69. The lowest BCUT2D eigenvalue weighted by Crippen LogP contribution is -2.21. The third kappa shape index (κ3) is 7.53. The second-order valence-electron chi connectivity index (χ2n) is 10.0. The van der Waals surface area contributed by atoms with Gasteiger partial charge < -0.3 is 19.7 Å². The number of rotatable bonds is 9. The van der Waals surface area contributed by atoms with Gasteiger partial charge in [0.2, 0.25) is 0 Å². The molecule has 1 fully saturated rings. The van der Waals surface area contributed by atoms with Crippen molar-refractivity contribution >= 4 is 45.9 Å². The average Bonchev–Trinajstić information content (AvgIpc) is 3.40. The zero-order valence-electron chi connectivity index (χ0n) is 23.6. The van der Waals surface area contributed by atoms with Gasteiger partial charge in [-0.15, -0.1) is 11.3 Å². The molecule has 2 aromatic carbocycles. The van der Waals surface area contributed by atoms with E-state index in [2.05, 4.69) is 85.0 Å². The highest BCUT2D eigenvalue weighted by Gasteiger charge is 2.27. The van der Waals surface area contributed by atoms with Crippen LogP contribution in [0.2, 0.25) is 0 Å². The number of hydrogen-bond donors (Lipinski definition) is 1. The molecule has 1 unspecified atom stereocenters. The van der Waals surface area contributed by atoms with Gasteiger partial charge in [-0.05, 0) is 74.8 Å². The van der Waals surface area contributed by atoms with Crippen molar-refractivity contribution in [1.82, 2.24) is 4.98 Å². The molecule has 7 heteroatoms. The Balaban J connectivity index is 0.00000112. The monoisotopic (exact) mass is 563 g/mol. The van der Waals surface area contributed by atoms with Gasteiger partial charge in [-0.3, -0.25) is 0 Å². The maximum atomic E-state index is 8.81. The summed E-state index contributed by atoms with van der Waals surface area (Å²) in [6.07, 6.45) is 9.68. The largest absolute Gasteiger partial charge is 0.381 e. The van der Waals surface area contributed by atoms with Crippen molar-refractivity contribution in [2.75, 3.05) is 30.5 Å². The maximum Gasteiger partial charge on any atom is 0.187 e. The van der Waals surface area contributed by atoms with Crippen LogP contribution in [0.4, 0.5) is 16.5 Å². The summed E-state index contributed by atoms with van der Waals surface area (Å²) in [4.78, 5) is 18.7. The number of aldehydes is 1. The first-order valence-corrected chi connectivity index (χ1v) is 15.8. The average molecular weight is 564 g/mol. The van der Waals surface area contributed by atoms with Gasteiger partial charge in [0.15, 0.2) is 5.13 Å². The number of fused-ring (bicyclic) bond motifs is 2. The molecule has 208 valence electrons. The van der Waals surface area contributed by atoms with Crippen LogP contribution < -0.4 is 10.2 Å². The molecule has 2 aliphatic rings. The van der Waals surface area contributed by atoms with Crippen LogP contribution in [0.5, 0.6) is 0 Å². The van der Waals surface area contributed by atoms with E-state index in [1.165, 1.54) is 45.0 Å². The number of anilines is 3. The molecule has 0 bridgehead atoms. The molecule has 3 aromatic rings. The quantitative estimate of drug-likeness (QED) is 0.263. The lowest BCUT2D eigenvalue weighted by atomic mass is 9.82. The molecule has 5 nitrogen and oxygen atoms in total. The number of aryl methyl sites for hydroxylation is 1. The summed E-state index contributed by atoms with van der Waals surface area (Å²) in [5, 5.41) is 6.98. The van der Waals surface area contributed by atoms with Crippen LogP contribution in [0, 0.1) is 5.92 Å².